The van der Waals surface area contributed by atoms with Gasteiger partial charge in [0.1, 0.15) is 13.2 Å². The predicted molar refractivity (Wildman–Crippen MR) is 330 cm³/mol. The molecule has 0 bridgehead atoms. The molecule has 6 nitrogen and oxygen atoms in total. The van der Waals surface area contributed by atoms with Gasteiger partial charge in [-0.25, -0.2) is 0 Å². The molecule has 444 valence electrons. The first-order valence-electron chi connectivity index (χ1n) is 33.6. The Morgan fingerprint density at radius 2 is 0.474 bits per heavy atom. The minimum atomic E-state index is -0.783. The third-order valence-electron chi connectivity index (χ3n) is 15.1. The molecule has 1 unspecified atom stereocenters. The number of allylic oxidation sites excluding steroid dienone is 8. The van der Waals surface area contributed by atoms with Crippen molar-refractivity contribution in [1.29, 1.82) is 0 Å². The van der Waals surface area contributed by atoms with E-state index in [-0.39, 0.29) is 31.1 Å². The predicted octanol–water partition coefficient (Wildman–Crippen LogP) is 22.9. The van der Waals surface area contributed by atoms with Crippen molar-refractivity contribution in [3.8, 4) is 0 Å². The van der Waals surface area contributed by atoms with Crippen molar-refractivity contribution in [1.82, 2.24) is 0 Å². The van der Waals surface area contributed by atoms with Gasteiger partial charge in [0.15, 0.2) is 6.10 Å². The summed E-state index contributed by atoms with van der Waals surface area (Å²) < 4.78 is 16.9. The Morgan fingerprint density at radius 3 is 0.776 bits per heavy atom. The molecule has 0 rings (SSSR count). The van der Waals surface area contributed by atoms with Crippen molar-refractivity contribution >= 4 is 17.9 Å². The Balaban J connectivity index is 4.26. The maximum Gasteiger partial charge on any atom is 0.306 e. The van der Waals surface area contributed by atoms with E-state index in [2.05, 4.69) is 69.4 Å². The van der Waals surface area contributed by atoms with Crippen LogP contribution in [0.1, 0.15) is 361 Å². The first-order valence-corrected chi connectivity index (χ1v) is 33.6. The van der Waals surface area contributed by atoms with Crippen LogP contribution in [0.15, 0.2) is 48.6 Å². The number of carbonyl (C=O) groups is 3. The molecular formula is C70H128O6. The number of hydrogen-bond donors (Lipinski definition) is 0. The van der Waals surface area contributed by atoms with Gasteiger partial charge in [-0.3, -0.25) is 14.4 Å². The summed E-state index contributed by atoms with van der Waals surface area (Å²) in [4.78, 5) is 38.3. The largest absolute Gasteiger partial charge is 0.462 e. The molecule has 0 aliphatic rings. The van der Waals surface area contributed by atoms with E-state index in [0.29, 0.717) is 19.3 Å². The van der Waals surface area contributed by atoms with Gasteiger partial charge in [-0.15, -0.1) is 0 Å². The molecule has 0 heterocycles. The smallest absolute Gasteiger partial charge is 0.306 e. The van der Waals surface area contributed by atoms with Gasteiger partial charge in [0.05, 0.1) is 0 Å². The number of unbranched alkanes of at least 4 members (excludes halogenated alkanes) is 43. The van der Waals surface area contributed by atoms with Crippen molar-refractivity contribution in [3.63, 3.8) is 0 Å². The van der Waals surface area contributed by atoms with Crippen LogP contribution in [0.4, 0.5) is 0 Å². The lowest BCUT2D eigenvalue weighted by molar-refractivity contribution is -0.167. The van der Waals surface area contributed by atoms with E-state index in [9.17, 15) is 14.4 Å². The summed E-state index contributed by atoms with van der Waals surface area (Å²) in [5.41, 5.74) is 0. The summed E-state index contributed by atoms with van der Waals surface area (Å²) >= 11 is 0. The molecule has 0 spiro atoms. The van der Waals surface area contributed by atoms with Gasteiger partial charge < -0.3 is 14.2 Å². The maximum atomic E-state index is 12.9. The van der Waals surface area contributed by atoms with Crippen molar-refractivity contribution in [2.24, 2.45) is 0 Å². The second-order valence-corrected chi connectivity index (χ2v) is 22.7. The van der Waals surface area contributed by atoms with Crippen molar-refractivity contribution < 1.29 is 28.6 Å². The van der Waals surface area contributed by atoms with Gasteiger partial charge in [0.2, 0.25) is 0 Å². The average molecular weight is 1070 g/mol. The first-order chi connectivity index (χ1) is 37.5. The van der Waals surface area contributed by atoms with Crippen molar-refractivity contribution in [3.05, 3.63) is 48.6 Å². The number of carbonyl (C=O) groups excluding carboxylic acids is 3. The standard InChI is InChI=1S/C70H128O6/c1-4-7-10-13-16-19-22-25-27-29-31-33-34-35-36-38-39-41-43-45-48-51-54-57-60-63-69(72)75-66-67(65-74-68(71)62-59-56-53-50-47-24-21-18-15-12-9-6-3)76-70(73)64-61-58-55-52-49-46-44-42-40-37-32-30-28-26-23-20-17-14-11-8-5-2/h18,21,23,26,30,32,40,42,67H,4-17,19-20,22,24-25,27-29,31,33-39,41,43-66H2,1-3H3/b21-18-,26-23-,32-30-,42-40-. The summed E-state index contributed by atoms with van der Waals surface area (Å²) in [6.07, 6.45) is 81.3. The summed E-state index contributed by atoms with van der Waals surface area (Å²) in [6, 6.07) is 0. The lowest BCUT2D eigenvalue weighted by Crippen LogP contribution is -2.30. The van der Waals surface area contributed by atoms with Crippen LogP contribution in [-0.2, 0) is 28.6 Å². The Kier molecular flexibility index (Phi) is 62.6. The number of hydrogen-bond acceptors (Lipinski definition) is 6. The Labute approximate surface area is 473 Å². The lowest BCUT2D eigenvalue weighted by Gasteiger charge is -2.18. The van der Waals surface area contributed by atoms with Gasteiger partial charge in [-0.05, 0) is 83.5 Å². The molecule has 0 saturated carbocycles. The molecule has 0 aliphatic heterocycles. The zero-order valence-electron chi connectivity index (χ0n) is 51.0. The monoisotopic (exact) mass is 1060 g/mol. The average Bonchev–Trinajstić information content (AvgIpc) is 3.42. The molecule has 0 aliphatic carbocycles. The zero-order valence-corrected chi connectivity index (χ0v) is 51.0. The van der Waals surface area contributed by atoms with Crippen LogP contribution in [0.2, 0.25) is 0 Å². The van der Waals surface area contributed by atoms with Crippen LogP contribution in [0.25, 0.3) is 0 Å². The highest BCUT2D eigenvalue weighted by Gasteiger charge is 2.19. The molecule has 0 aromatic rings. The molecule has 0 amide bonds. The van der Waals surface area contributed by atoms with E-state index in [1.54, 1.807) is 0 Å². The van der Waals surface area contributed by atoms with E-state index in [1.165, 1.54) is 238 Å². The maximum absolute atomic E-state index is 12.9. The van der Waals surface area contributed by atoms with E-state index in [1.807, 2.05) is 0 Å². The molecule has 0 aromatic heterocycles. The van der Waals surface area contributed by atoms with Gasteiger partial charge in [0.25, 0.3) is 0 Å². The van der Waals surface area contributed by atoms with Crippen LogP contribution in [0, 0.1) is 0 Å². The number of esters is 3. The molecule has 1 atom stereocenters. The lowest BCUT2D eigenvalue weighted by atomic mass is 10.0. The summed E-state index contributed by atoms with van der Waals surface area (Å²) in [5, 5.41) is 0. The fourth-order valence-electron chi connectivity index (χ4n) is 9.98. The minimum absolute atomic E-state index is 0.0776. The highest BCUT2D eigenvalue weighted by Crippen LogP contribution is 2.18. The van der Waals surface area contributed by atoms with Gasteiger partial charge in [-0.2, -0.15) is 0 Å². The quantitative estimate of drug-likeness (QED) is 0.0261. The van der Waals surface area contributed by atoms with E-state index < -0.39 is 6.10 Å². The van der Waals surface area contributed by atoms with Crippen molar-refractivity contribution in [2.75, 3.05) is 13.2 Å². The molecule has 0 fully saturated rings. The van der Waals surface area contributed by atoms with Crippen LogP contribution in [0.5, 0.6) is 0 Å². The van der Waals surface area contributed by atoms with Gasteiger partial charge >= 0.3 is 17.9 Å². The third-order valence-corrected chi connectivity index (χ3v) is 15.1. The normalized spacial score (nSPS) is 12.3. The Bertz CT molecular complexity index is 1310. The van der Waals surface area contributed by atoms with Crippen LogP contribution < -0.4 is 0 Å². The Morgan fingerprint density at radius 1 is 0.263 bits per heavy atom. The molecular weight excluding hydrogens is 937 g/mol. The zero-order chi connectivity index (χ0) is 55.0. The minimum Gasteiger partial charge on any atom is -0.462 e. The van der Waals surface area contributed by atoms with Crippen molar-refractivity contribution in [2.45, 2.75) is 367 Å². The summed E-state index contributed by atoms with van der Waals surface area (Å²) in [7, 11) is 0. The first kappa shape index (κ1) is 73.4. The van der Waals surface area contributed by atoms with Crippen LogP contribution >= 0.6 is 0 Å². The number of ether oxygens (including phenoxy) is 3. The van der Waals surface area contributed by atoms with Gasteiger partial charge in [0, 0.05) is 19.3 Å². The molecule has 0 aromatic carbocycles. The highest BCUT2D eigenvalue weighted by atomic mass is 16.6. The second-order valence-electron chi connectivity index (χ2n) is 22.7. The topological polar surface area (TPSA) is 78.9 Å². The van der Waals surface area contributed by atoms with Crippen LogP contribution in [-0.4, -0.2) is 37.2 Å². The SMILES string of the molecule is CCCCC/C=C\CCCCCCCC(=O)OCC(COC(=O)CCCCCCCCCCCCCCCCCCCCCCCCCCC)OC(=O)CCCCCCCC/C=C\C/C=C\C/C=C\CCCCCCC. The molecule has 0 radical (unpaired) electrons. The fraction of sp³-hybridized carbons (Fsp3) is 0.843. The molecule has 6 heteroatoms. The van der Waals surface area contributed by atoms with Gasteiger partial charge in [-0.1, -0.05) is 307 Å². The second kappa shape index (κ2) is 64.9. The Hall–Kier alpha value is -2.63. The summed E-state index contributed by atoms with van der Waals surface area (Å²) in [5.74, 6) is -0.879. The highest BCUT2D eigenvalue weighted by molar-refractivity contribution is 5.71. The van der Waals surface area contributed by atoms with E-state index in [4.69, 9.17) is 14.2 Å². The molecule has 76 heavy (non-hydrogen) atoms. The fourth-order valence-corrected chi connectivity index (χ4v) is 9.98. The third kappa shape index (κ3) is 62.2. The summed E-state index contributed by atoms with van der Waals surface area (Å²) in [6.45, 7) is 6.64. The van der Waals surface area contributed by atoms with Crippen LogP contribution in [0.3, 0.4) is 0 Å². The van der Waals surface area contributed by atoms with E-state index in [0.717, 1.165) is 83.5 Å². The molecule has 0 saturated heterocycles. The van der Waals surface area contributed by atoms with E-state index >= 15 is 0 Å². The molecule has 0 N–H and O–H groups in total. The number of rotatable bonds is 62.